The summed E-state index contributed by atoms with van der Waals surface area (Å²) in [5.74, 6) is 0.0121. The first-order chi connectivity index (χ1) is 15.6. The number of rotatable bonds is 17. The van der Waals surface area contributed by atoms with Crippen molar-refractivity contribution in [2.45, 2.75) is 77.2 Å². The van der Waals surface area contributed by atoms with Crippen LogP contribution < -0.4 is 5.32 Å². The number of aryl methyl sites for hydroxylation is 1. The first kappa shape index (κ1) is 28.1. The molecular formula is C28H40BrNO2. The number of hydrogen-bond donors (Lipinski definition) is 2. The maximum absolute atomic E-state index is 11.6. The summed E-state index contributed by atoms with van der Waals surface area (Å²) in [6.45, 7) is 1.78. The van der Waals surface area contributed by atoms with Crippen molar-refractivity contribution in [3.05, 3.63) is 82.9 Å². The summed E-state index contributed by atoms with van der Waals surface area (Å²) in [6, 6.07) is 8.42. The number of unbranched alkanes of at least 4 members (excludes halogenated alkanes) is 3. The van der Waals surface area contributed by atoms with Crippen molar-refractivity contribution in [3.63, 3.8) is 0 Å². The molecule has 1 aromatic carbocycles. The number of aliphatic hydroxyl groups is 1. The van der Waals surface area contributed by atoms with Crippen LogP contribution in [0, 0.1) is 0 Å². The molecule has 0 fully saturated rings. The van der Waals surface area contributed by atoms with Crippen LogP contribution in [0.25, 0.3) is 0 Å². The third kappa shape index (κ3) is 16.7. The fourth-order valence-corrected chi connectivity index (χ4v) is 3.55. The summed E-state index contributed by atoms with van der Waals surface area (Å²) in [5.41, 5.74) is 1.41. The van der Waals surface area contributed by atoms with Gasteiger partial charge in [0.25, 0.3) is 0 Å². The Hall–Kier alpha value is -1.91. The van der Waals surface area contributed by atoms with Crippen LogP contribution in [-0.4, -0.2) is 23.7 Å². The lowest BCUT2D eigenvalue weighted by atomic mass is 10.1. The van der Waals surface area contributed by atoms with E-state index in [0.29, 0.717) is 6.42 Å². The summed E-state index contributed by atoms with van der Waals surface area (Å²) < 4.78 is 1.16. The number of carbonyl (C=O) groups excluding carboxylic acids is 1. The monoisotopic (exact) mass is 501 g/mol. The van der Waals surface area contributed by atoms with Gasteiger partial charge in [-0.05, 0) is 82.4 Å². The van der Waals surface area contributed by atoms with Crippen molar-refractivity contribution in [1.29, 1.82) is 0 Å². The third-order valence-electron chi connectivity index (χ3n) is 4.91. The molecule has 176 valence electrons. The van der Waals surface area contributed by atoms with E-state index in [1.807, 2.05) is 0 Å². The number of allylic oxidation sites excluding steroid dienone is 8. The molecule has 1 atom stereocenters. The molecule has 0 radical (unpaired) electrons. The van der Waals surface area contributed by atoms with Crippen LogP contribution in [0.3, 0.4) is 0 Å². The second-order valence-electron chi connectivity index (χ2n) is 8.01. The van der Waals surface area contributed by atoms with Crippen LogP contribution in [0.2, 0.25) is 0 Å². The molecule has 2 N–H and O–H groups in total. The van der Waals surface area contributed by atoms with E-state index in [9.17, 15) is 4.79 Å². The number of benzene rings is 1. The van der Waals surface area contributed by atoms with Gasteiger partial charge in [0.05, 0.1) is 6.61 Å². The normalized spacial score (nSPS) is 13.1. The molecule has 1 rings (SSSR count). The zero-order chi connectivity index (χ0) is 23.3. The van der Waals surface area contributed by atoms with E-state index in [4.69, 9.17) is 5.11 Å². The number of carbonyl (C=O) groups is 1. The number of halogens is 1. The number of amides is 1. The average molecular weight is 503 g/mol. The molecule has 0 aliphatic rings. The first-order valence-electron chi connectivity index (χ1n) is 11.9. The molecule has 0 unspecified atom stereocenters. The van der Waals surface area contributed by atoms with Crippen molar-refractivity contribution in [3.8, 4) is 0 Å². The maximum atomic E-state index is 11.6. The van der Waals surface area contributed by atoms with Crippen LogP contribution in [0.15, 0.2) is 77.3 Å². The second kappa shape index (κ2) is 19.8. The molecule has 32 heavy (non-hydrogen) atoms. The Labute approximate surface area is 203 Å². The summed E-state index contributed by atoms with van der Waals surface area (Å²) >= 11 is 3.52. The topological polar surface area (TPSA) is 49.3 Å². The summed E-state index contributed by atoms with van der Waals surface area (Å²) in [4.78, 5) is 11.6. The van der Waals surface area contributed by atoms with Crippen molar-refractivity contribution >= 4 is 21.8 Å². The first-order valence-corrected chi connectivity index (χ1v) is 12.7. The molecule has 0 saturated heterocycles. The molecule has 0 spiro atoms. The molecule has 1 aromatic rings. The van der Waals surface area contributed by atoms with Gasteiger partial charge in [-0.3, -0.25) is 4.79 Å². The van der Waals surface area contributed by atoms with Crippen LogP contribution in [0.1, 0.15) is 70.3 Å². The van der Waals surface area contributed by atoms with Crippen molar-refractivity contribution in [2.75, 3.05) is 6.61 Å². The minimum Gasteiger partial charge on any atom is -0.394 e. The Bertz CT molecular complexity index is 737. The Balaban J connectivity index is 1.94. The average Bonchev–Trinajstić information content (AvgIpc) is 2.78. The standard InChI is InChI=1S/C28H40BrNO2/c1-25(24-31)30-28(32)22-17-15-13-11-9-7-5-3-2-4-6-8-10-12-14-16-19-26-20-18-21-27(29)23-26/h2,4-5,7-8,10-11,13,18,20-21,23,25,31H,3,6,9,12,14-17,19,22,24H2,1H3,(H,30,32)/b4-2-,7-5-,10-8-,13-11-/t25-/m1/s1. The van der Waals surface area contributed by atoms with Gasteiger partial charge in [0.15, 0.2) is 0 Å². The third-order valence-corrected chi connectivity index (χ3v) is 5.41. The maximum Gasteiger partial charge on any atom is 0.220 e. The number of hydrogen-bond acceptors (Lipinski definition) is 2. The smallest absolute Gasteiger partial charge is 0.220 e. The van der Waals surface area contributed by atoms with Gasteiger partial charge in [0.1, 0.15) is 0 Å². The van der Waals surface area contributed by atoms with E-state index < -0.39 is 0 Å². The van der Waals surface area contributed by atoms with E-state index >= 15 is 0 Å². The van der Waals surface area contributed by atoms with Gasteiger partial charge >= 0.3 is 0 Å². The highest BCUT2D eigenvalue weighted by Crippen LogP contribution is 2.14. The Kier molecular flexibility index (Phi) is 17.4. The van der Waals surface area contributed by atoms with Gasteiger partial charge in [-0.25, -0.2) is 0 Å². The largest absolute Gasteiger partial charge is 0.394 e. The van der Waals surface area contributed by atoms with Crippen LogP contribution in [0.5, 0.6) is 0 Å². The molecule has 0 heterocycles. The molecule has 3 nitrogen and oxygen atoms in total. The van der Waals surface area contributed by atoms with E-state index in [1.54, 1.807) is 6.92 Å². The quantitative estimate of drug-likeness (QED) is 0.175. The summed E-state index contributed by atoms with van der Waals surface area (Å²) in [7, 11) is 0. The highest BCUT2D eigenvalue weighted by atomic mass is 79.9. The van der Waals surface area contributed by atoms with Gasteiger partial charge in [-0.2, -0.15) is 0 Å². The molecule has 0 bridgehead atoms. The molecule has 0 aromatic heterocycles. The highest BCUT2D eigenvalue weighted by molar-refractivity contribution is 9.10. The van der Waals surface area contributed by atoms with Crippen LogP contribution in [-0.2, 0) is 11.2 Å². The van der Waals surface area contributed by atoms with Crippen molar-refractivity contribution in [2.24, 2.45) is 0 Å². The predicted molar refractivity (Wildman–Crippen MR) is 141 cm³/mol. The molecule has 0 aliphatic carbocycles. The van der Waals surface area contributed by atoms with E-state index in [2.05, 4.69) is 94.1 Å². The highest BCUT2D eigenvalue weighted by Gasteiger charge is 2.04. The lowest BCUT2D eigenvalue weighted by Gasteiger charge is -2.09. The molecular weight excluding hydrogens is 462 g/mol. The van der Waals surface area contributed by atoms with Gasteiger partial charge in [-0.1, -0.05) is 76.7 Å². The van der Waals surface area contributed by atoms with Crippen LogP contribution >= 0.6 is 15.9 Å². The molecule has 1 amide bonds. The minimum atomic E-state index is -0.161. The van der Waals surface area contributed by atoms with Crippen molar-refractivity contribution < 1.29 is 9.90 Å². The summed E-state index contributed by atoms with van der Waals surface area (Å²) in [5, 5.41) is 11.7. The zero-order valence-corrected chi connectivity index (χ0v) is 21.1. The zero-order valence-electron chi connectivity index (χ0n) is 19.5. The molecule has 0 saturated carbocycles. The van der Waals surface area contributed by atoms with E-state index in [0.717, 1.165) is 49.4 Å². The van der Waals surface area contributed by atoms with Gasteiger partial charge in [-0.15, -0.1) is 0 Å². The van der Waals surface area contributed by atoms with Crippen molar-refractivity contribution in [1.82, 2.24) is 5.32 Å². The Morgan fingerprint density at radius 1 is 0.938 bits per heavy atom. The van der Waals surface area contributed by atoms with Gasteiger partial charge in [0.2, 0.25) is 5.91 Å². The second-order valence-corrected chi connectivity index (χ2v) is 8.93. The SMILES string of the molecule is C[C@H](CO)NC(=O)CCC/C=C\C/C=C\C/C=C\C/C=C\CCCCc1cccc(Br)c1. The lowest BCUT2D eigenvalue weighted by Crippen LogP contribution is -2.34. The van der Waals surface area contributed by atoms with Gasteiger partial charge < -0.3 is 10.4 Å². The van der Waals surface area contributed by atoms with E-state index in [-0.39, 0.29) is 18.6 Å². The lowest BCUT2D eigenvalue weighted by molar-refractivity contribution is -0.122. The fourth-order valence-electron chi connectivity index (χ4n) is 3.11. The fraction of sp³-hybridized carbons (Fsp3) is 0.464. The Morgan fingerprint density at radius 3 is 2.12 bits per heavy atom. The number of nitrogens with one attached hydrogen (secondary N) is 1. The number of aliphatic hydroxyl groups excluding tert-OH is 1. The van der Waals surface area contributed by atoms with Gasteiger partial charge in [0, 0.05) is 16.9 Å². The molecule has 4 heteroatoms. The summed E-state index contributed by atoms with van der Waals surface area (Å²) in [6.07, 6.45) is 27.6. The Morgan fingerprint density at radius 2 is 1.53 bits per heavy atom. The van der Waals surface area contributed by atoms with Crippen LogP contribution in [0.4, 0.5) is 0 Å². The minimum absolute atomic E-state index is 0.0121. The predicted octanol–water partition coefficient (Wildman–Crippen LogP) is 7.22. The van der Waals surface area contributed by atoms with E-state index in [1.165, 1.54) is 18.4 Å². The molecule has 0 aliphatic heterocycles.